The molecule has 1 aliphatic heterocycles. The van der Waals surface area contributed by atoms with E-state index in [9.17, 15) is 0 Å². The number of benzene rings is 1. The molecule has 0 aliphatic carbocycles. The molecular weight excluding hydrogens is 214 g/mol. The number of hydrogen-bond donors (Lipinski definition) is 1. The molecule has 94 valence electrons. The van der Waals surface area contributed by atoms with Gasteiger partial charge in [-0.2, -0.15) is 0 Å². The first-order chi connectivity index (χ1) is 8.40. The molecule has 0 spiro atoms. The first-order valence-electron chi connectivity index (χ1n) is 6.36. The van der Waals surface area contributed by atoms with Crippen LogP contribution in [0, 0.1) is 5.92 Å². The zero-order valence-electron chi connectivity index (χ0n) is 10.4. The van der Waals surface area contributed by atoms with Crippen LogP contribution in [-0.4, -0.2) is 26.8 Å². The molecule has 1 fully saturated rings. The van der Waals surface area contributed by atoms with Gasteiger partial charge < -0.3 is 14.8 Å². The van der Waals surface area contributed by atoms with E-state index >= 15 is 0 Å². The maximum atomic E-state index is 5.78. The van der Waals surface area contributed by atoms with E-state index in [2.05, 4.69) is 5.32 Å². The van der Waals surface area contributed by atoms with Gasteiger partial charge in [0.25, 0.3) is 0 Å². The Bertz CT molecular complexity index is 335. The second-order valence-corrected chi connectivity index (χ2v) is 4.50. The third kappa shape index (κ3) is 3.63. The second kappa shape index (κ2) is 6.50. The van der Waals surface area contributed by atoms with Crippen molar-refractivity contribution >= 4 is 0 Å². The Balaban J connectivity index is 1.77. The molecular formula is C14H21NO2. The highest BCUT2D eigenvalue weighted by Gasteiger charge is 2.13. The van der Waals surface area contributed by atoms with Crippen molar-refractivity contribution in [2.75, 3.05) is 26.8 Å². The average Bonchev–Trinajstić information content (AvgIpc) is 2.40. The predicted octanol–water partition coefficient (Wildman–Crippen LogP) is 2.46. The van der Waals surface area contributed by atoms with Crippen LogP contribution in [0.15, 0.2) is 24.3 Å². The van der Waals surface area contributed by atoms with Crippen LogP contribution >= 0.6 is 0 Å². The van der Waals surface area contributed by atoms with Crippen molar-refractivity contribution in [3.63, 3.8) is 0 Å². The maximum Gasteiger partial charge on any atom is 0.161 e. The van der Waals surface area contributed by atoms with Crippen molar-refractivity contribution in [1.29, 1.82) is 0 Å². The van der Waals surface area contributed by atoms with Gasteiger partial charge in [0.2, 0.25) is 0 Å². The number of nitrogens with one attached hydrogen (secondary N) is 1. The largest absolute Gasteiger partial charge is 0.493 e. The van der Waals surface area contributed by atoms with Crippen LogP contribution < -0.4 is 14.8 Å². The molecule has 0 bridgehead atoms. The molecule has 0 unspecified atom stereocenters. The summed E-state index contributed by atoms with van der Waals surface area (Å²) in [5.41, 5.74) is 0. The molecule has 1 aliphatic rings. The Hall–Kier alpha value is -1.22. The molecule has 0 aromatic heterocycles. The lowest BCUT2D eigenvalue weighted by Crippen LogP contribution is -2.30. The number of ether oxygens (including phenoxy) is 2. The Labute approximate surface area is 103 Å². The summed E-state index contributed by atoms with van der Waals surface area (Å²) in [5, 5.41) is 3.43. The van der Waals surface area contributed by atoms with Crippen LogP contribution in [0.25, 0.3) is 0 Å². The van der Waals surface area contributed by atoms with Crippen molar-refractivity contribution in [1.82, 2.24) is 5.32 Å². The maximum absolute atomic E-state index is 5.78. The van der Waals surface area contributed by atoms with Gasteiger partial charge in [0, 0.05) is 0 Å². The molecule has 3 nitrogen and oxygen atoms in total. The standard InChI is InChI=1S/C14H21NO2/c1-16-13-6-2-3-7-14(13)17-10-8-12-5-4-9-15-11-12/h2-3,6-7,12,15H,4-5,8-11H2,1H3/t12-/m1/s1. The molecule has 0 amide bonds. The molecule has 1 aromatic rings. The van der Waals surface area contributed by atoms with E-state index in [1.165, 1.54) is 19.4 Å². The van der Waals surface area contributed by atoms with Crippen molar-refractivity contribution in [2.45, 2.75) is 19.3 Å². The van der Waals surface area contributed by atoms with E-state index in [4.69, 9.17) is 9.47 Å². The molecule has 1 atom stereocenters. The van der Waals surface area contributed by atoms with Crippen LogP contribution in [0.2, 0.25) is 0 Å². The lowest BCUT2D eigenvalue weighted by Gasteiger charge is -2.22. The minimum absolute atomic E-state index is 0.762. The van der Waals surface area contributed by atoms with Gasteiger partial charge in [-0.1, -0.05) is 12.1 Å². The zero-order valence-corrected chi connectivity index (χ0v) is 10.4. The minimum Gasteiger partial charge on any atom is -0.493 e. The van der Waals surface area contributed by atoms with Gasteiger partial charge in [-0.25, -0.2) is 0 Å². The summed E-state index contributed by atoms with van der Waals surface area (Å²) < 4.78 is 11.0. The molecule has 1 heterocycles. The summed E-state index contributed by atoms with van der Waals surface area (Å²) in [6.45, 7) is 3.08. The lowest BCUT2D eigenvalue weighted by molar-refractivity contribution is 0.245. The number of hydrogen-bond acceptors (Lipinski definition) is 3. The summed E-state index contributed by atoms with van der Waals surface area (Å²) in [5.74, 6) is 2.42. The Morgan fingerprint density at radius 3 is 2.82 bits per heavy atom. The highest BCUT2D eigenvalue weighted by Crippen LogP contribution is 2.26. The molecule has 0 saturated carbocycles. The SMILES string of the molecule is COc1ccccc1OCC[C@H]1CCCNC1. The van der Waals surface area contributed by atoms with Crippen LogP contribution in [0.3, 0.4) is 0 Å². The lowest BCUT2D eigenvalue weighted by atomic mass is 9.97. The Morgan fingerprint density at radius 1 is 1.29 bits per heavy atom. The van der Waals surface area contributed by atoms with E-state index < -0.39 is 0 Å². The normalized spacial score (nSPS) is 19.9. The predicted molar refractivity (Wildman–Crippen MR) is 68.7 cm³/mol. The topological polar surface area (TPSA) is 30.5 Å². The van der Waals surface area contributed by atoms with Gasteiger partial charge in [-0.3, -0.25) is 0 Å². The highest BCUT2D eigenvalue weighted by atomic mass is 16.5. The first-order valence-corrected chi connectivity index (χ1v) is 6.36. The van der Waals surface area contributed by atoms with E-state index in [0.717, 1.165) is 37.0 Å². The van der Waals surface area contributed by atoms with Crippen molar-refractivity contribution in [3.8, 4) is 11.5 Å². The minimum atomic E-state index is 0.762. The third-order valence-corrected chi connectivity index (χ3v) is 3.25. The van der Waals surface area contributed by atoms with Crippen LogP contribution in [0.4, 0.5) is 0 Å². The Kier molecular flexibility index (Phi) is 4.68. The first kappa shape index (κ1) is 12.2. The molecule has 1 aromatic carbocycles. The van der Waals surface area contributed by atoms with Crippen LogP contribution in [0.5, 0.6) is 11.5 Å². The number of para-hydroxylation sites is 2. The zero-order chi connectivity index (χ0) is 11.9. The summed E-state index contributed by atoms with van der Waals surface area (Å²) >= 11 is 0. The molecule has 1 saturated heterocycles. The Morgan fingerprint density at radius 2 is 2.12 bits per heavy atom. The van der Waals surface area contributed by atoms with Crippen molar-refractivity contribution in [3.05, 3.63) is 24.3 Å². The molecule has 1 N–H and O–H groups in total. The summed E-state index contributed by atoms with van der Waals surface area (Å²) in [4.78, 5) is 0. The van der Waals surface area contributed by atoms with Crippen LogP contribution in [0.1, 0.15) is 19.3 Å². The summed E-state index contributed by atoms with van der Waals surface area (Å²) in [6, 6.07) is 7.81. The monoisotopic (exact) mass is 235 g/mol. The van der Waals surface area contributed by atoms with Crippen molar-refractivity contribution < 1.29 is 9.47 Å². The highest BCUT2D eigenvalue weighted by molar-refractivity contribution is 5.39. The van der Waals surface area contributed by atoms with Crippen LogP contribution in [-0.2, 0) is 0 Å². The van der Waals surface area contributed by atoms with Gasteiger partial charge in [-0.05, 0) is 50.4 Å². The molecule has 2 rings (SSSR count). The summed E-state index contributed by atoms with van der Waals surface area (Å²) in [7, 11) is 1.67. The number of piperidine rings is 1. The fraction of sp³-hybridized carbons (Fsp3) is 0.571. The average molecular weight is 235 g/mol. The number of methoxy groups -OCH3 is 1. The van der Waals surface area contributed by atoms with Gasteiger partial charge in [0.05, 0.1) is 13.7 Å². The van der Waals surface area contributed by atoms with E-state index in [1.54, 1.807) is 7.11 Å². The molecule has 3 heteroatoms. The van der Waals surface area contributed by atoms with Gasteiger partial charge in [0.1, 0.15) is 0 Å². The fourth-order valence-corrected chi connectivity index (χ4v) is 2.24. The second-order valence-electron chi connectivity index (χ2n) is 4.50. The third-order valence-electron chi connectivity index (χ3n) is 3.25. The van der Waals surface area contributed by atoms with Gasteiger partial charge in [-0.15, -0.1) is 0 Å². The quantitative estimate of drug-likeness (QED) is 0.850. The smallest absolute Gasteiger partial charge is 0.161 e. The molecule has 17 heavy (non-hydrogen) atoms. The fourth-order valence-electron chi connectivity index (χ4n) is 2.24. The van der Waals surface area contributed by atoms with Gasteiger partial charge in [0.15, 0.2) is 11.5 Å². The van der Waals surface area contributed by atoms with E-state index in [1.807, 2.05) is 24.3 Å². The van der Waals surface area contributed by atoms with E-state index in [-0.39, 0.29) is 0 Å². The number of rotatable bonds is 5. The summed E-state index contributed by atoms with van der Waals surface area (Å²) in [6.07, 6.45) is 3.73. The van der Waals surface area contributed by atoms with Crippen molar-refractivity contribution in [2.24, 2.45) is 5.92 Å². The van der Waals surface area contributed by atoms with Gasteiger partial charge >= 0.3 is 0 Å². The van der Waals surface area contributed by atoms with E-state index in [0.29, 0.717) is 0 Å². The molecule has 0 radical (unpaired) electrons.